The molecule has 2 aromatic rings. The van der Waals surface area contributed by atoms with Crippen LogP contribution < -0.4 is 4.74 Å². The third kappa shape index (κ3) is 7.34. The van der Waals surface area contributed by atoms with E-state index in [0.717, 1.165) is 36.4 Å². The third-order valence-corrected chi connectivity index (χ3v) is 3.94. The van der Waals surface area contributed by atoms with Gasteiger partial charge in [0.15, 0.2) is 0 Å². The van der Waals surface area contributed by atoms with Gasteiger partial charge in [0, 0.05) is 0 Å². The van der Waals surface area contributed by atoms with Crippen molar-refractivity contribution in [1.82, 2.24) is 0 Å². The molecule has 0 saturated carbocycles. The van der Waals surface area contributed by atoms with Gasteiger partial charge < -0.3 is 4.74 Å². The van der Waals surface area contributed by atoms with Crippen LogP contribution in [0.15, 0.2) is 71.4 Å². The van der Waals surface area contributed by atoms with Gasteiger partial charge in [-0.1, -0.05) is 38.0 Å². The van der Waals surface area contributed by atoms with Crippen LogP contribution in [0.25, 0.3) is 0 Å². The molecule has 2 rings (SSSR count). The molecule has 132 valence electrons. The highest BCUT2D eigenvalue weighted by molar-refractivity contribution is 5.43. The predicted molar refractivity (Wildman–Crippen MR) is 105 cm³/mol. The fourth-order valence-corrected chi connectivity index (χ4v) is 2.45. The van der Waals surface area contributed by atoms with E-state index in [1.165, 1.54) is 24.8 Å². The molecule has 3 heteroatoms. The van der Waals surface area contributed by atoms with Gasteiger partial charge in [-0.15, -0.1) is 6.58 Å². The lowest BCUT2D eigenvalue weighted by Crippen LogP contribution is -1.95. The SMILES string of the molecule is C=CCCCOc1ccc(N=Nc2ccc(CCCCC)cc2)cc1. The van der Waals surface area contributed by atoms with E-state index in [2.05, 4.69) is 35.9 Å². The summed E-state index contributed by atoms with van der Waals surface area (Å²) >= 11 is 0. The lowest BCUT2D eigenvalue weighted by Gasteiger charge is -2.04. The number of allylic oxidation sites excluding steroid dienone is 1. The standard InChI is InChI=1S/C22H28N2O/c1-3-5-7-9-19-10-12-20(13-11-19)23-24-21-14-16-22(17-15-21)25-18-8-6-4-2/h4,10-17H,2-3,5-9,18H2,1H3. The number of hydrogen-bond donors (Lipinski definition) is 0. The Balaban J connectivity index is 1.83. The van der Waals surface area contributed by atoms with Gasteiger partial charge in [-0.3, -0.25) is 0 Å². The molecule has 0 amide bonds. The van der Waals surface area contributed by atoms with Gasteiger partial charge in [-0.25, -0.2) is 0 Å². The highest BCUT2D eigenvalue weighted by Crippen LogP contribution is 2.22. The number of nitrogens with zero attached hydrogens (tertiary/aromatic N) is 2. The largest absolute Gasteiger partial charge is 0.494 e. The summed E-state index contributed by atoms with van der Waals surface area (Å²) in [5.74, 6) is 0.861. The van der Waals surface area contributed by atoms with Gasteiger partial charge in [-0.05, 0) is 67.6 Å². The number of azo groups is 1. The zero-order valence-corrected chi connectivity index (χ0v) is 15.2. The number of aryl methyl sites for hydroxylation is 1. The molecule has 0 fully saturated rings. The van der Waals surface area contributed by atoms with E-state index in [-0.39, 0.29) is 0 Å². The Kier molecular flexibility index (Phi) is 8.46. The minimum absolute atomic E-state index is 0.706. The molecule has 0 aliphatic rings. The fraction of sp³-hybridized carbons (Fsp3) is 0.364. The maximum atomic E-state index is 5.66. The van der Waals surface area contributed by atoms with E-state index < -0.39 is 0 Å². The van der Waals surface area contributed by atoms with Gasteiger partial charge in [0.1, 0.15) is 5.75 Å². The molecular formula is C22H28N2O. The van der Waals surface area contributed by atoms with Crippen LogP contribution >= 0.6 is 0 Å². The summed E-state index contributed by atoms with van der Waals surface area (Å²) in [6.07, 6.45) is 8.80. The van der Waals surface area contributed by atoms with Gasteiger partial charge in [0.2, 0.25) is 0 Å². The lowest BCUT2D eigenvalue weighted by atomic mass is 10.1. The highest BCUT2D eigenvalue weighted by Gasteiger charge is 1.96. The Labute approximate surface area is 151 Å². The topological polar surface area (TPSA) is 34.0 Å². The molecular weight excluding hydrogens is 308 g/mol. The van der Waals surface area contributed by atoms with Gasteiger partial charge in [0.05, 0.1) is 18.0 Å². The van der Waals surface area contributed by atoms with Gasteiger partial charge in [0.25, 0.3) is 0 Å². The predicted octanol–water partition coefficient (Wildman–Crippen LogP) is 7.18. The number of ether oxygens (including phenoxy) is 1. The summed E-state index contributed by atoms with van der Waals surface area (Å²) in [7, 11) is 0. The molecule has 3 nitrogen and oxygen atoms in total. The summed E-state index contributed by atoms with van der Waals surface area (Å²) in [6.45, 7) is 6.64. The molecule has 0 radical (unpaired) electrons. The zero-order valence-electron chi connectivity index (χ0n) is 15.2. The average molecular weight is 336 g/mol. The van der Waals surface area contributed by atoms with Crippen molar-refractivity contribution < 1.29 is 4.74 Å². The van der Waals surface area contributed by atoms with Crippen LogP contribution in [0.4, 0.5) is 11.4 Å². The fourth-order valence-electron chi connectivity index (χ4n) is 2.45. The first-order chi connectivity index (χ1) is 12.3. The molecule has 0 N–H and O–H groups in total. The van der Waals surface area contributed by atoms with E-state index in [9.17, 15) is 0 Å². The van der Waals surface area contributed by atoms with Crippen molar-refractivity contribution >= 4 is 11.4 Å². The molecule has 25 heavy (non-hydrogen) atoms. The summed E-state index contributed by atoms with van der Waals surface area (Å²) in [6, 6.07) is 16.0. The van der Waals surface area contributed by atoms with Crippen LogP contribution in [-0.2, 0) is 6.42 Å². The molecule has 2 aromatic carbocycles. The van der Waals surface area contributed by atoms with E-state index in [1.54, 1.807) is 0 Å². The Bertz CT molecular complexity index is 645. The van der Waals surface area contributed by atoms with Crippen molar-refractivity contribution in [3.63, 3.8) is 0 Å². The van der Waals surface area contributed by atoms with Crippen molar-refractivity contribution in [3.8, 4) is 5.75 Å². The summed E-state index contributed by atoms with van der Waals surface area (Å²) < 4.78 is 5.66. The normalized spacial score (nSPS) is 10.9. The smallest absolute Gasteiger partial charge is 0.119 e. The lowest BCUT2D eigenvalue weighted by molar-refractivity contribution is 0.312. The Hall–Kier alpha value is -2.42. The number of hydrogen-bond acceptors (Lipinski definition) is 3. The van der Waals surface area contributed by atoms with Crippen LogP contribution in [-0.4, -0.2) is 6.61 Å². The zero-order chi connectivity index (χ0) is 17.7. The molecule has 0 atom stereocenters. The van der Waals surface area contributed by atoms with Crippen molar-refractivity contribution in [1.29, 1.82) is 0 Å². The molecule has 0 spiro atoms. The maximum absolute atomic E-state index is 5.66. The minimum Gasteiger partial charge on any atom is -0.494 e. The third-order valence-electron chi connectivity index (χ3n) is 3.94. The van der Waals surface area contributed by atoms with Gasteiger partial charge in [-0.2, -0.15) is 10.2 Å². The second-order valence-corrected chi connectivity index (χ2v) is 6.10. The molecule has 0 saturated heterocycles. The average Bonchev–Trinajstić information content (AvgIpc) is 2.66. The van der Waals surface area contributed by atoms with Crippen LogP contribution in [0.1, 0.15) is 44.6 Å². The van der Waals surface area contributed by atoms with Crippen molar-refractivity contribution in [2.75, 3.05) is 6.61 Å². The summed E-state index contributed by atoms with van der Waals surface area (Å²) in [5.41, 5.74) is 3.07. The second-order valence-electron chi connectivity index (χ2n) is 6.10. The number of rotatable bonds is 11. The van der Waals surface area contributed by atoms with Crippen molar-refractivity contribution in [2.24, 2.45) is 10.2 Å². The second kappa shape index (κ2) is 11.2. The van der Waals surface area contributed by atoms with Crippen LogP contribution in [0.2, 0.25) is 0 Å². The van der Waals surface area contributed by atoms with Crippen molar-refractivity contribution in [2.45, 2.75) is 45.4 Å². The van der Waals surface area contributed by atoms with Crippen LogP contribution in [0, 0.1) is 0 Å². The summed E-state index contributed by atoms with van der Waals surface area (Å²) in [5, 5.41) is 8.59. The molecule has 0 unspecified atom stereocenters. The van der Waals surface area contributed by atoms with Gasteiger partial charge >= 0.3 is 0 Å². The quantitative estimate of drug-likeness (QED) is 0.243. The van der Waals surface area contributed by atoms with E-state index >= 15 is 0 Å². The van der Waals surface area contributed by atoms with E-state index in [4.69, 9.17) is 4.74 Å². The molecule has 0 aromatic heterocycles. The van der Waals surface area contributed by atoms with E-state index in [0.29, 0.717) is 6.61 Å². The Morgan fingerprint density at radius 2 is 1.52 bits per heavy atom. The molecule has 0 heterocycles. The minimum atomic E-state index is 0.706. The Morgan fingerprint density at radius 1 is 0.880 bits per heavy atom. The Morgan fingerprint density at radius 3 is 2.12 bits per heavy atom. The summed E-state index contributed by atoms with van der Waals surface area (Å²) in [4.78, 5) is 0. The molecule has 0 bridgehead atoms. The van der Waals surface area contributed by atoms with Crippen LogP contribution in [0.3, 0.4) is 0 Å². The van der Waals surface area contributed by atoms with E-state index in [1.807, 2.05) is 42.5 Å². The van der Waals surface area contributed by atoms with Crippen LogP contribution in [0.5, 0.6) is 5.75 Å². The highest BCUT2D eigenvalue weighted by atomic mass is 16.5. The van der Waals surface area contributed by atoms with Crippen molar-refractivity contribution in [3.05, 3.63) is 66.7 Å². The number of benzene rings is 2. The maximum Gasteiger partial charge on any atom is 0.119 e. The monoisotopic (exact) mass is 336 g/mol. The number of unbranched alkanes of at least 4 members (excludes halogenated alkanes) is 3. The first-order valence-electron chi connectivity index (χ1n) is 9.16. The molecule has 0 aliphatic heterocycles. The molecule has 0 aliphatic carbocycles. The first kappa shape index (κ1) is 18.9. The first-order valence-corrected chi connectivity index (χ1v) is 9.16.